The van der Waals surface area contributed by atoms with Gasteiger partial charge in [-0.25, -0.2) is 4.39 Å². The Labute approximate surface area is 159 Å². The average molecular weight is 393 g/mol. The van der Waals surface area contributed by atoms with Crippen LogP contribution in [-0.2, 0) is 9.59 Å². The fourth-order valence-electron chi connectivity index (χ4n) is 2.11. The molecule has 9 heteroatoms. The van der Waals surface area contributed by atoms with Gasteiger partial charge < -0.3 is 10.1 Å². The number of benzene rings is 1. The second-order valence-electron chi connectivity index (χ2n) is 5.93. The Kier molecular flexibility index (Phi) is 7.30. The third-order valence-electron chi connectivity index (χ3n) is 3.50. The Bertz CT molecular complexity index is 796. The van der Waals surface area contributed by atoms with Gasteiger partial charge in [0.25, 0.3) is 17.7 Å². The van der Waals surface area contributed by atoms with Crippen LogP contribution in [0.4, 0.5) is 4.39 Å². The monoisotopic (exact) mass is 393 g/mol. The van der Waals surface area contributed by atoms with Gasteiger partial charge in [-0.1, -0.05) is 32.0 Å². The first kappa shape index (κ1) is 20.4. The zero-order valence-corrected chi connectivity index (χ0v) is 15.6. The summed E-state index contributed by atoms with van der Waals surface area (Å²) in [6.45, 7) is 3.05. The number of hydrogen-bond donors (Lipinski definition) is 3. The quantitative estimate of drug-likeness (QED) is 0.626. The number of amides is 3. The summed E-state index contributed by atoms with van der Waals surface area (Å²) < 4.78 is 18.5. The molecule has 0 aliphatic heterocycles. The fourth-order valence-corrected chi connectivity index (χ4v) is 2.73. The maximum Gasteiger partial charge on any atom is 0.276 e. The van der Waals surface area contributed by atoms with Crippen LogP contribution in [-0.4, -0.2) is 30.4 Å². The Morgan fingerprint density at radius 3 is 2.48 bits per heavy atom. The lowest BCUT2D eigenvalue weighted by Gasteiger charge is -2.21. The Morgan fingerprint density at radius 1 is 1.11 bits per heavy atom. The minimum absolute atomic E-state index is 0.0674. The van der Waals surface area contributed by atoms with Gasteiger partial charge in [0.15, 0.2) is 18.2 Å². The second-order valence-corrected chi connectivity index (χ2v) is 6.88. The summed E-state index contributed by atoms with van der Waals surface area (Å²) in [5.74, 6) is -2.48. The van der Waals surface area contributed by atoms with E-state index in [2.05, 4.69) is 16.2 Å². The van der Waals surface area contributed by atoms with Gasteiger partial charge >= 0.3 is 0 Å². The van der Waals surface area contributed by atoms with Crippen LogP contribution < -0.4 is 20.9 Å². The highest BCUT2D eigenvalue weighted by atomic mass is 32.1. The summed E-state index contributed by atoms with van der Waals surface area (Å²) >= 11 is 1.26. The fraction of sp³-hybridized carbons (Fsp3) is 0.278. The van der Waals surface area contributed by atoms with E-state index in [0.717, 1.165) is 0 Å². The van der Waals surface area contributed by atoms with Crippen molar-refractivity contribution in [3.05, 3.63) is 52.5 Å². The Morgan fingerprint density at radius 2 is 1.85 bits per heavy atom. The van der Waals surface area contributed by atoms with E-state index in [4.69, 9.17) is 4.74 Å². The van der Waals surface area contributed by atoms with Crippen molar-refractivity contribution in [3.8, 4) is 5.75 Å². The van der Waals surface area contributed by atoms with Crippen LogP contribution in [0.25, 0.3) is 0 Å². The summed E-state index contributed by atoms with van der Waals surface area (Å²) in [6.07, 6.45) is 0. The molecule has 144 valence electrons. The first-order valence-electron chi connectivity index (χ1n) is 8.19. The molecule has 0 unspecified atom stereocenters. The molecule has 7 nitrogen and oxygen atoms in total. The highest BCUT2D eigenvalue weighted by Gasteiger charge is 2.25. The lowest BCUT2D eigenvalue weighted by Crippen LogP contribution is -2.54. The third-order valence-corrected chi connectivity index (χ3v) is 4.37. The van der Waals surface area contributed by atoms with E-state index in [1.165, 1.54) is 29.5 Å². The molecule has 0 saturated carbocycles. The molecule has 3 amide bonds. The van der Waals surface area contributed by atoms with Crippen LogP contribution in [0.1, 0.15) is 23.5 Å². The number of hydrazine groups is 1. The maximum atomic E-state index is 13.4. The molecule has 0 bridgehead atoms. The molecular formula is C18H20FN3O4S. The van der Waals surface area contributed by atoms with Crippen LogP contribution in [0.5, 0.6) is 5.75 Å². The number of thiophene rings is 1. The van der Waals surface area contributed by atoms with Gasteiger partial charge in [0.2, 0.25) is 0 Å². The lowest BCUT2D eigenvalue weighted by atomic mass is 10.0. The molecule has 1 atom stereocenters. The molecule has 3 N–H and O–H groups in total. The van der Waals surface area contributed by atoms with Crippen molar-refractivity contribution in [2.24, 2.45) is 5.92 Å². The van der Waals surface area contributed by atoms with Gasteiger partial charge in [0.1, 0.15) is 6.04 Å². The molecule has 27 heavy (non-hydrogen) atoms. The van der Waals surface area contributed by atoms with Gasteiger partial charge in [0.05, 0.1) is 4.88 Å². The normalized spacial score (nSPS) is 11.6. The predicted molar refractivity (Wildman–Crippen MR) is 98.6 cm³/mol. The standard InChI is InChI=1S/C18H20FN3O4S/c1-11(2)16(20-17(24)14-8-5-9-27-14)18(25)22-21-15(23)10-26-13-7-4-3-6-12(13)19/h3-9,11,16H,10H2,1-2H3,(H,20,24)(H,21,23)(H,22,25)/t16-/m1/s1. The predicted octanol–water partition coefficient (Wildman–Crippen LogP) is 1.87. The van der Waals surface area contributed by atoms with E-state index in [9.17, 15) is 18.8 Å². The average Bonchev–Trinajstić information content (AvgIpc) is 3.18. The summed E-state index contributed by atoms with van der Waals surface area (Å²) in [5.41, 5.74) is 4.42. The minimum atomic E-state index is -0.840. The van der Waals surface area contributed by atoms with Crippen molar-refractivity contribution >= 4 is 29.1 Å². The number of carbonyl (C=O) groups is 3. The molecule has 0 radical (unpaired) electrons. The SMILES string of the molecule is CC(C)[C@@H](NC(=O)c1cccs1)C(=O)NNC(=O)COc1ccccc1F. The molecule has 0 saturated heterocycles. The van der Waals surface area contributed by atoms with Gasteiger partial charge in [0, 0.05) is 0 Å². The van der Waals surface area contributed by atoms with E-state index < -0.39 is 30.3 Å². The van der Waals surface area contributed by atoms with Crippen LogP contribution in [0.3, 0.4) is 0 Å². The largest absolute Gasteiger partial charge is 0.481 e. The van der Waals surface area contributed by atoms with Crippen molar-refractivity contribution in [2.75, 3.05) is 6.61 Å². The van der Waals surface area contributed by atoms with Crippen LogP contribution >= 0.6 is 11.3 Å². The van der Waals surface area contributed by atoms with Crippen molar-refractivity contribution in [1.29, 1.82) is 0 Å². The van der Waals surface area contributed by atoms with E-state index in [0.29, 0.717) is 4.88 Å². The van der Waals surface area contributed by atoms with Gasteiger partial charge in [-0.3, -0.25) is 25.2 Å². The number of rotatable bonds is 7. The third kappa shape index (κ3) is 6.07. The molecule has 0 aliphatic carbocycles. The van der Waals surface area contributed by atoms with Crippen molar-refractivity contribution in [2.45, 2.75) is 19.9 Å². The highest BCUT2D eigenvalue weighted by molar-refractivity contribution is 7.12. The molecule has 2 rings (SSSR count). The lowest BCUT2D eigenvalue weighted by molar-refractivity contribution is -0.131. The van der Waals surface area contributed by atoms with Gasteiger partial charge in [-0.2, -0.15) is 0 Å². The minimum Gasteiger partial charge on any atom is -0.481 e. The Hall–Kier alpha value is -2.94. The van der Waals surface area contributed by atoms with E-state index in [1.54, 1.807) is 37.4 Å². The molecule has 1 aromatic heterocycles. The van der Waals surface area contributed by atoms with Crippen molar-refractivity contribution in [1.82, 2.24) is 16.2 Å². The zero-order chi connectivity index (χ0) is 19.8. The first-order valence-corrected chi connectivity index (χ1v) is 9.07. The number of ether oxygens (including phenoxy) is 1. The maximum absolute atomic E-state index is 13.4. The Balaban J connectivity index is 1.83. The smallest absolute Gasteiger partial charge is 0.276 e. The molecule has 1 heterocycles. The van der Waals surface area contributed by atoms with E-state index in [-0.39, 0.29) is 17.6 Å². The molecule has 2 aromatic rings. The summed E-state index contributed by atoms with van der Waals surface area (Å²) in [5, 5.41) is 4.39. The van der Waals surface area contributed by atoms with Crippen molar-refractivity contribution < 1.29 is 23.5 Å². The molecule has 1 aromatic carbocycles. The van der Waals surface area contributed by atoms with Gasteiger partial charge in [-0.05, 0) is 29.5 Å². The summed E-state index contributed by atoms with van der Waals surface area (Å²) in [7, 11) is 0. The number of para-hydroxylation sites is 1. The van der Waals surface area contributed by atoms with Crippen LogP contribution in [0, 0.1) is 11.7 Å². The number of nitrogens with one attached hydrogen (secondary N) is 3. The first-order chi connectivity index (χ1) is 12.9. The summed E-state index contributed by atoms with van der Waals surface area (Å²) in [4.78, 5) is 36.7. The van der Waals surface area contributed by atoms with Gasteiger partial charge in [-0.15, -0.1) is 11.3 Å². The van der Waals surface area contributed by atoms with Crippen molar-refractivity contribution in [3.63, 3.8) is 0 Å². The number of hydrogen-bond acceptors (Lipinski definition) is 5. The van der Waals surface area contributed by atoms with E-state index in [1.807, 2.05) is 0 Å². The molecule has 0 aliphatic rings. The molecular weight excluding hydrogens is 373 g/mol. The molecule has 0 fully saturated rings. The number of carbonyl (C=O) groups excluding carboxylic acids is 3. The summed E-state index contributed by atoms with van der Waals surface area (Å²) in [6, 6.07) is 8.21. The second kappa shape index (κ2) is 9.67. The van der Waals surface area contributed by atoms with E-state index >= 15 is 0 Å². The number of halogens is 1. The topological polar surface area (TPSA) is 96.5 Å². The zero-order valence-electron chi connectivity index (χ0n) is 14.8. The highest BCUT2D eigenvalue weighted by Crippen LogP contribution is 2.14. The van der Waals surface area contributed by atoms with Crippen LogP contribution in [0.2, 0.25) is 0 Å². The molecule has 0 spiro atoms. The van der Waals surface area contributed by atoms with Crippen LogP contribution in [0.15, 0.2) is 41.8 Å².